The topological polar surface area (TPSA) is 9.23 Å². The van der Waals surface area contributed by atoms with E-state index in [0.717, 1.165) is 18.6 Å². The predicted molar refractivity (Wildman–Crippen MR) is 74.7 cm³/mol. The van der Waals surface area contributed by atoms with Gasteiger partial charge in [0.05, 0.1) is 6.10 Å². The van der Waals surface area contributed by atoms with Crippen LogP contribution in [0.4, 0.5) is 0 Å². The largest absolute Gasteiger partial charge is 0.491 e. The lowest BCUT2D eigenvalue weighted by atomic mass is 10.1. The van der Waals surface area contributed by atoms with Crippen molar-refractivity contribution in [3.05, 3.63) is 29.8 Å². The highest BCUT2D eigenvalue weighted by Crippen LogP contribution is 2.16. The number of hydrogen-bond acceptors (Lipinski definition) is 1. The Labute approximate surface area is 106 Å². The Morgan fingerprint density at radius 2 is 1.71 bits per heavy atom. The van der Waals surface area contributed by atoms with Crippen LogP contribution in [0.2, 0.25) is 0 Å². The molecule has 0 amide bonds. The summed E-state index contributed by atoms with van der Waals surface area (Å²) in [5.74, 6) is 1.00. The summed E-state index contributed by atoms with van der Waals surface area (Å²) in [4.78, 5) is 0. The fourth-order valence-electron chi connectivity index (χ4n) is 1.95. The third-order valence-electron chi connectivity index (χ3n) is 3.13. The summed E-state index contributed by atoms with van der Waals surface area (Å²) < 4.78 is 5.89. The third-order valence-corrected chi connectivity index (χ3v) is 3.13. The Hall–Kier alpha value is -0.980. The maximum atomic E-state index is 5.89. The minimum atomic E-state index is 0.333. The van der Waals surface area contributed by atoms with Gasteiger partial charge in [0.25, 0.3) is 0 Å². The number of aryl methyl sites for hydroxylation is 1. The quantitative estimate of drug-likeness (QED) is 0.576. The Morgan fingerprint density at radius 3 is 2.29 bits per heavy atom. The van der Waals surface area contributed by atoms with Crippen LogP contribution in [0.15, 0.2) is 24.3 Å². The van der Waals surface area contributed by atoms with E-state index in [0.29, 0.717) is 6.10 Å². The summed E-state index contributed by atoms with van der Waals surface area (Å²) in [6.07, 6.45) is 7.84. The monoisotopic (exact) mass is 234 g/mol. The van der Waals surface area contributed by atoms with Gasteiger partial charge in [0.2, 0.25) is 0 Å². The number of hydrogen-bond donors (Lipinski definition) is 0. The van der Waals surface area contributed by atoms with Crippen LogP contribution in [-0.4, -0.2) is 6.10 Å². The van der Waals surface area contributed by atoms with E-state index in [1.54, 1.807) is 0 Å². The summed E-state index contributed by atoms with van der Waals surface area (Å²) in [7, 11) is 0. The van der Waals surface area contributed by atoms with Gasteiger partial charge in [0.15, 0.2) is 0 Å². The standard InChI is InChI=1S/C16H26O/c1-4-6-7-8-9-14(3)17-16-12-10-15(5-2)11-13-16/h10-14H,4-9H2,1-3H3. The Kier molecular flexibility index (Phi) is 6.76. The van der Waals surface area contributed by atoms with Crippen molar-refractivity contribution in [3.8, 4) is 5.75 Å². The van der Waals surface area contributed by atoms with Crippen molar-refractivity contribution in [2.45, 2.75) is 65.4 Å². The van der Waals surface area contributed by atoms with Gasteiger partial charge in [-0.15, -0.1) is 0 Å². The second kappa shape index (κ2) is 8.16. The molecule has 17 heavy (non-hydrogen) atoms. The van der Waals surface area contributed by atoms with Crippen molar-refractivity contribution in [2.24, 2.45) is 0 Å². The second-order valence-corrected chi connectivity index (χ2v) is 4.78. The Balaban J connectivity index is 2.26. The molecule has 0 radical (unpaired) electrons. The molecule has 0 spiro atoms. The van der Waals surface area contributed by atoms with Gasteiger partial charge < -0.3 is 4.74 Å². The first-order valence-corrected chi connectivity index (χ1v) is 7.01. The van der Waals surface area contributed by atoms with Crippen molar-refractivity contribution >= 4 is 0 Å². The molecule has 0 N–H and O–H groups in total. The van der Waals surface area contributed by atoms with Crippen LogP contribution in [-0.2, 0) is 6.42 Å². The summed E-state index contributed by atoms with van der Waals surface area (Å²) in [6, 6.07) is 8.47. The highest BCUT2D eigenvalue weighted by Gasteiger charge is 2.03. The lowest BCUT2D eigenvalue weighted by Gasteiger charge is -2.14. The molecule has 0 aliphatic carbocycles. The zero-order valence-electron chi connectivity index (χ0n) is 11.5. The van der Waals surface area contributed by atoms with Crippen LogP contribution >= 0.6 is 0 Å². The van der Waals surface area contributed by atoms with E-state index >= 15 is 0 Å². The molecular weight excluding hydrogens is 208 g/mol. The van der Waals surface area contributed by atoms with Gasteiger partial charge in [-0.05, 0) is 43.9 Å². The van der Waals surface area contributed by atoms with Gasteiger partial charge in [0, 0.05) is 0 Å². The smallest absolute Gasteiger partial charge is 0.119 e. The summed E-state index contributed by atoms with van der Waals surface area (Å²) in [5, 5.41) is 0. The molecule has 1 atom stereocenters. The summed E-state index contributed by atoms with van der Waals surface area (Å²) in [5.41, 5.74) is 1.37. The van der Waals surface area contributed by atoms with Crippen molar-refractivity contribution < 1.29 is 4.74 Å². The molecule has 0 saturated carbocycles. The normalized spacial score (nSPS) is 12.4. The molecule has 0 bridgehead atoms. The molecule has 0 aromatic heterocycles. The van der Waals surface area contributed by atoms with E-state index in [9.17, 15) is 0 Å². The Bertz CT molecular complexity index is 289. The molecule has 1 heteroatoms. The number of benzene rings is 1. The number of unbranched alkanes of at least 4 members (excludes halogenated alkanes) is 3. The highest BCUT2D eigenvalue weighted by atomic mass is 16.5. The van der Waals surface area contributed by atoms with Gasteiger partial charge in [-0.25, -0.2) is 0 Å². The molecule has 0 aliphatic rings. The predicted octanol–water partition coefficient (Wildman–Crippen LogP) is 4.99. The molecule has 0 saturated heterocycles. The maximum Gasteiger partial charge on any atom is 0.119 e. The lowest BCUT2D eigenvalue weighted by Crippen LogP contribution is -2.11. The number of ether oxygens (including phenoxy) is 1. The van der Waals surface area contributed by atoms with Gasteiger partial charge in [0.1, 0.15) is 5.75 Å². The fraction of sp³-hybridized carbons (Fsp3) is 0.625. The summed E-state index contributed by atoms with van der Waals surface area (Å²) in [6.45, 7) is 6.58. The Morgan fingerprint density at radius 1 is 1.00 bits per heavy atom. The molecule has 1 unspecified atom stereocenters. The van der Waals surface area contributed by atoms with E-state index in [1.165, 1.54) is 31.2 Å². The van der Waals surface area contributed by atoms with E-state index in [-0.39, 0.29) is 0 Å². The molecule has 96 valence electrons. The average Bonchev–Trinajstić information content (AvgIpc) is 2.36. The molecule has 1 aromatic carbocycles. The second-order valence-electron chi connectivity index (χ2n) is 4.78. The van der Waals surface area contributed by atoms with Crippen molar-refractivity contribution in [3.63, 3.8) is 0 Å². The van der Waals surface area contributed by atoms with E-state index in [1.807, 2.05) is 0 Å². The van der Waals surface area contributed by atoms with Crippen LogP contribution in [0.5, 0.6) is 5.75 Å². The molecule has 0 fully saturated rings. The average molecular weight is 234 g/mol. The van der Waals surface area contributed by atoms with Gasteiger partial charge in [-0.2, -0.15) is 0 Å². The fourth-order valence-corrected chi connectivity index (χ4v) is 1.95. The molecule has 1 rings (SSSR count). The lowest BCUT2D eigenvalue weighted by molar-refractivity contribution is 0.206. The minimum absolute atomic E-state index is 0.333. The van der Waals surface area contributed by atoms with Crippen molar-refractivity contribution in [1.29, 1.82) is 0 Å². The first kappa shape index (κ1) is 14.1. The van der Waals surface area contributed by atoms with Crippen molar-refractivity contribution in [2.75, 3.05) is 0 Å². The zero-order chi connectivity index (χ0) is 12.5. The van der Waals surface area contributed by atoms with Crippen LogP contribution < -0.4 is 4.74 Å². The highest BCUT2D eigenvalue weighted by molar-refractivity contribution is 5.27. The minimum Gasteiger partial charge on any atom is -0.491 e. The third kappa shape index (κ3) is 5.76. The molecule has 1 aromatic rings. The molecule has 0 aliphatic heterocycles. The van der Waals surface area contributed by atoms with Crippen LogP contribution in [0.1, 0.15) is 58.4 Å². The molecule has 1 nitrogen and oxygen atoms in total. The van der Waals surface area contributed by atoms with Gasteiger partial charge in [-0.1, -0.05) is 45.2 Å². The van der Waals surface area contributed by atoms with E-state index in [2.05, 4.69) is 45.0 Å². The zero-order valence-corrected chi connectivity index (χ0v) is 11.5. The molecular formula is C16H26O. The van der Waals surface area contributed by atoms with E-state index < -0.39 is 0 Å². The van der Waals surface area contributed by atoms with Crippen LogP contribution in [0, 0.1) is 0 Å². The first-order chi connectivity index (χ1) is 8.26. The first-order valence-electron chi connectivity index (χ1n) is 7.01. The SMILES string of the molecule is CCCCCCC(C)Oc1ccc(CC)cc1. The van der Waals surface area contributed by atoms with Gasteiger partial charge >= 0.3 is 0 Å². The van der Waals surface area contributed by atoms with E-state index in [4.69, 9.17) is 4.74 Å². The molecule has 0 heterocycles. The van der Waals surface area contributed by atoms with Crippen LogP contribution in [0.3, 0.4) is 0 Å². The number of rotatable bonds is 8. The van der Waals surface area contributed by atoms with Crippen molar-refractivity contribution in [1.82, 2.24) is 0 Å². The summed E-state index contributed by atoms with van der Waals surface area (Å²) >= 11 is 0. The maximum absolute atomic E-state index is 5.89. The van der Waals surface area contributed by atoms with Gasteiger partial charge in [-0.3, -0.25) is 0 Å². The van der Waals surface area contributed by atoms with Crippen LogP contribution in [0.25, 0.3) is 0 Å².